The molecule has 1 atom stereocenters. The van der Waals surface area contributed by atoms with Crippen molar-refractivity contribution in [2.75, 3.05) is 0 Å². The summed E-state index contributed by atoms with van der Waals surface area (Å²) in [6.45, 7) is 3.73. The highest BCUT2D eigenvalue weighted by atomic mass is 35.5. The van der Waals surface area contributed by atoms with Crippen molar-refractivity contribution in [1.82, 2.24) is 4.98 Å². The quantitative estimate of drug-likeness (QED) is 0.733. The fourth-order valence-corrected chi connectivity index (χ4v) is 1.68. The maximum absolute atomic E-state index is 5.92. The van der Waals surface area contributed by atoms with Gasteiger partial charge in [-0.05, 0) is 38.1 Å². The van der Waals surface area contributed by atoms with Gasteiger partial charge >= 0.3 is 0 Å². The first-order valence-corrected chi connectivity index (χ1v) is 5.76. The van der Waals surface area contributed by atoms with Crippen LogP contribution in [0.5, 0.6) is 0 Å². The molecule has 0 amide bonds. The smallest absolute Gasteiger partial charge is 0.212 e. The van der Waals surface area contributed by atoms with Crippen LogP contribution in [0.25, 0.3) is 11.3 Å². The SMILES string of the molecule is Cc1nc([C@@H](C)Cl)oc1-c1ccc(Cl)cc1. The lowest BCUT2D eigenvalue weighted by atomic mass is 10.1. The second-order valence-corrected chi connectivity index (χ2v) is 4.68. The van der Waals surface area contributed by atoms with Gasteiger partial charge in [-0.25, -0.2) is 4.98 Å². The molecular formula is C12H11Cl2NO. The molecule has 2 rings (SSSR count). The Hall–Kier alpha value is -0.990. The zero-order chi connectivity index (χ0) is 11.7. The van der Waals surface area contributed by atoms with Crippen molar-refractivity contribution < 1.29 is 4.42 Å². The van der Waals surface area contributed by atoms with Crippen LogP contribution in [0.2, 0.25) is 5.02 Å². The number of oxazole rings is 1. The zero-order valence-electron chi connectivity index (χ0n) is 9.00. The van der Waals surface area contributed by atoms with Gasteiger partial charge in [0.05, 0.1) is 5.69 Å². The van der Waals surface area contributed by atoms with Gasteiger partial charge in [-0.1, -0.05) is 11.6 Å². The van der Waals surface area contributed by atoms with Gasteiger partial charge in [0.15, 0.2) is 5.76 Å². The first-order valence-electron chi connectivity index (χ1n) is 4.95. The average Bonchev–Trinajstić information content (AvgIpc) is 2.62. The second-order valence-electron chi connectivity index (χ2n) is 3.59. The molecule has 16 heavy (non-hydrogen) atoms. The van der Waals surface area contributed by atoms with Crippen molar-refractivity contribution in [3.8, 4) is 11.3 Å². The van der Waals surface area contributed by atoms with Crippen LogP contribution in [0.3, 0.4) is 0 Å². The molecule has 2 aromatic rings. The van der Waals surface area contributed by atoms with E-state index in [1.807, 2.05) is 38.1 Å². The van der Waals surface area contributed by atoms with Crippen LogP contribution < -0.4 is 0 Å². The lowest BCUT2D eigenvalue weighted by molar-refractivity contribution is 0.508. The lowest BCUT2D eigenvalue weighted by Gasteiger charge is -1.98. The van der Waals surface area contributed by atoms with E-state index in [9.17, 15) is 0 Å². The second kappa shape index (κ2) is 4.48. The number of nitrogens with zero attached hydrogens (tertiary/aromatic N) is 1. The van der Waals surface area contributed by atoms with E-state index in [0.717, 1.165) is 17.0 Å². The molecule has 4 heteroatoms. The van der Waals surface area contributed by atoms with Crippen LogP contribution in [0, 0.1) is 6.92 Å². The summed E-state index contributed by atoms with van der Waals surface area (Å²) < 4.78 is 5.62. The van der Waals surface area contributed by atoms with E-state index in [1.54, 1.807) is 0 Å². The normalized spacial score (nSPS) is 12.8. The summed E-state index contributed by atoms with van der Waals surface area (Å²) in [5.41, 5.74) is 1.79. The Morgan fingerprint density at radius 3 is 2.38 bits per heavy atom. The minimum Gasteiger partial charge on any atom is -0.439 e. The number of hydrogen-bond donors (Lipinski definition) is 0. The van der Waals surface area contributed by atoms with Crippen LogP contribution in [0.1, 0.15) is 23.9 Å². The summed E-state index contributed by atoms with van der Waals surface area (Å²) in [5.74, 6) is 1.29. The maximum atomic E-state index is 5.92. The molecule has 0 saturated carbocycles. The molecule has 0 spiro atoms. The minimum absolute atomic E-state index is 0.222. The third-order valence-electron chi connectivity index (χ3n) is 2.26. The Morgan fingerprint density at radius 1 is 1.25 bits per heavy atom. The highest BCUT2D eigenvalue weighted by molar-refractivity contribution is 6.30. The van der Waals surface area contributed by atoms with Crippen LogP contribution in [0.4, 0.5) is 0 Å². The van der Waals surface area contributed by atoms with Gasteiger partial charge in [-0.3, -0.25) is 0 Å². The standard InChI is InChI=1S/C12H11Cl2NO/c1-7(13)12-15-8(2)11(16-12)9-3-5-10(14)6-4-9/h3-7H,1-2H3/t7-/m1/s1. The lowest BCUT2D eigenvalue weighted by Crippen LogP contribution is -1.82. The monoisotopic (exact) mass is 255 g/mol. The topological polar surface area (TPSA) is 26.0 Å². The predicted molar refractivity (Wildman–Crippen MR) is 66.0 cm³/mol. The highest BCUT2D eigenvalue weighted by Gasteiger charge is 2.14. The molecule has 0 N–H and O–H groups in total. The number of alkyl halides is 1. The van der Waals surface area contributed by atoms with Gasteiger partial charge in [0.25, 0.3) is 0 Å². The molecule has 1 aromatic carbocycles. The molecule has 0 radical (unpaired) electrons. The fourth-order valence-electron chi connectivity index (χ4n) is 1.46. The van der Waals surface area contributed by atoms with Crippen molar-refractivity contribution in [1.29, 1.82) is 0 Å². The molecule has 0 unspecified atom stereocenters. The fraction of sp³-hybridized carbons (Fsp3) is 0.250. The summed E-state index contributed by atoms with van der Waals surface area (Å²) in [7, 11) is 0. The predicted octanol–water partition coefficient (Wildman–Crippen LogP) is 4.60. The molecule has 0 aliphatic rings. The summed E-state index contributed by atoms with van der Waals surface area (Å²) in [5, 5.41) is 0.478. The Bertz CT molecular complexity index is 488. The summed E-state index contributed by atoms with van der Waals surface area (Å²) in [6.07, 6.45) is 0. The molecule has 0 aliphatic carbocycles. The van der Waals surface area contributed by atoms with Gasteiger partial charge in [0.2, 0.25) is 5.89 Å². The first kappa shape index (κ1) is 11.5. The third kappa shape index (κ3) is 2.23. The van der Waals surface area contributed by atoms with Crippen LogP contribution in [-0.2, 0) is 0 Å². The van der Waals surface area contributed by atoms with Crippen molar-refractivity contribution in [3.05, 3.63) is 40.9 Å². The Balaban J connectivity index is 2.44. The molecule has 0 fully saturated rings. The average molecular weight is 256 g/mol. The Kier molecular flexibility index (Phi) is 3.22. The Morgan fingerprint density at radius 2 is 1.88 bits per heavy atom. The van der Waals surface area contributed by atoms with E-state index < -0.39 is 0 Å². The molecule has 1 heterocycles. The van der Waals surface area contributed by atoms with E-state index in [2.05, 4.69) is 4.98 Å². The number of rotatable bonds is 2. The van der Waals surface area contributed by atoms with E-state index >= 15 is 0 Å². The Labute approximate surface area is 104 Å². The van der Waals surface area contributed by atoms with Gasteiger partial charge < -0.3 is 4.42 Å². The first-order chi connectivity index (χ1) is 7.58. The molecule has 0 bridgehead atoms. The van der Waals surface area contributed by atoms with Crippen LogP contribution in [0.15, 0.2) is 28.7 Å². The minimum atomic E-state index is -0.222. The number of halogens is 2. The number of aryl methyl sites for hydroxylation is 1. The van der Waals surface area contributed by atoms with Gasteiger partial charge in [0, 0.05) is 10.6 Å². The molecule has 84 valence electrons. The molecule has 0 saturated heterocycles. The molecule has 0 aliphatic heterocycles. The molecule has 2 nitrogen and oxygen atoms in total. The zero-order valence-corrected chi connectivity index (χ0v) is 10.5. The van der Waals surface area contributed by atoms with Gasteiger partial charge in [0.1, 0.15) is 5.38 Å². The van der Waals surface area contributed by atoms with Crippen LogP contribution >= 0.6 is 23.2 Å². The van der Waals surface area contributed by atoms with E-state index in [0.29, 0.717) is 10.9 Å². The van der Waals surface area contributed by atoms with Gasteiger partial charge in [-0.15, -0.1) is 11.6 Å². The van der Waals surface area contributed by atoms with Crippen molar-refractivity contribution in [2.45, 2.75) is 19.2 Å². The summed E-state index contributed by atoms with van der Waals surface area (Å²) >= 11 is 11.8. The van der Waals surface area contributed by atoms with Crippen LogP contribution in [-0.4, -0.2) is 4.98 Å². The summed E-state index contributed by atoms with van der Waals surface area (Å²) in [4.78, 5) is 4.28. The summed E-state index contributed by atoms with van der Waals surface area (Å²) in [6, 6.07) is 7.45. The van der Waals surface area contributed by atoms with E-state index in [1.165, 1.54) is 0 Å². The van der Waals surface area contributed by atoms with Crippen molar-refractivity contribution in [3.63, 3.8) is 0 Å². The number of hydrogen-bond acceptors (Lipinski definition) is 2. The molecule has 1 aromatic heterocycles. The van der Waals surface area contributed by atoms with E-state index in [4.69, 9.17) is 27.6 Å². The van der Waals surface area contributed by atoms with Gasteiger partial charge in [-0.2, -0.15) is 0 Å². The van der Waals surface area contributed by atoms with E-state index in [-0.39, 0.29) is 5.38 Å². The number of benzene rings is 1. The third-order valence-corrected chi connectivity index (χ3v) is 2.70. The van der Waals surface area contributed by atoms with Crippen molar-refractivity contribution >= 4 is 23.2 Å². The molecular weight excluding hydrogens is 245 g/mol. The van der Waals surface area contributed by atoms with Crippen molar-refractivity contribution in [2.24, 2.45) is 0 Å². The highest BCUT2D eigenvalue weighted by Crippen LogP contribution is 2.29. The maximum Gasteiger partial charge on any atom is 0.212 e. The number of aromatic nitrogens is 1. The largest absolute Gasteiger partial charge is 0.439 e.